The van der Waals surface area contributed by atoms with Crippen molar-refractivity contribution in [3.05, 3.63) is 43.4 Å². The smallest absolute Gasteiger partial charge is 0.416 e. The van der Waals surface area contributed by atoms with Gasteiger partial charge in [0.1, 0.15) is 21.3 Å². The Morgan fingerprint density at radius 3 is 2.46 bits per heavy atom. The molecular weight excluding hydrogens is 644 g/mol. The molecule has 4 rings (SSSR count). The number of alkyl halides is 2. The third-order valence-electron chi connectivity index (χ3n) is 6.33. The number of ether oxygens (including phenoxy) is 2. The molecule has 41 heavy (non-hydrogen) atoms. The van der Waals surface area contributed by atoms with Gasteiger partial charge < -0.3 is 14.8 Å². The molecule has 0 aliphatic heterocycles. The predicted molar refractivity (Wildman–Crippen MR) is 157 cm³/mol. The average molecular weight is 677 g/mol. The fraction of sp³-hybridized carbons (Fsp3) is 0.556. The summed E-state index contributed by atoms with van der Waals surface area (Å²) in [5, 5.41) is 8.70. The Kier molecular flexibility index (Phi) is 8.65. The van der Waals surface area contributed by atoms with Crippen LogP contribution in [0.2, 0.25) is 5.28 Å². The third-order valence-corrected chi connectivity index (χ3v) is 8.12. The van der Waals surface area contributed by atoms with E-state index < -0.39 is 54.1 Å². The zero-order valence-corrected chi connectivity index (χ0v) is 27.0. The lowest BCUT2D eigenvalue weighted by atomic mass is 9.93. The maximum absolute atomic E-state index is 14.9. The Labute approximate surface area is 254 Å². The standard InChI is InChI=1S/C27H33BrClF2N5O4S/c1-14-18(16-11-27(30,31)12-17(16)32-23(37)39-25(2,3)4)20(28)36-19(14)21(33-22(29)34-36)35(13-15-9-8-10-41-15)24(38)40-26(5,6)7/h8-10,16-17H,11-13H2,1-7H3,(H,32,37)/t16-,17-/m0/s1. The van der Waals surface area contributed by atoms with Gasteiger partial charge in [-0.2, -0.15) is 4.98 Å². The van der Waals surface area contributed by atoms with Crippen LogP contribution in [0.3, 0.4) is 0 Å². The van der Waals surface area contributed by atoms with Gasteiger partial charge in [0.05, 0.1) is 6.54 Å². The molecule has 1 saturated carbocycles. The number of carbonyl (C=O) groups excluding carboxylic acids is 2. The normalized spacial score (nSPS) is 18.9. The monoisotopic (exact) mass is 675 g/mol. The highest BCUT2D eigenvalue weighted by Gasteiger charge is 2.49. The minimum atomic E-state index is -3.03. The van der Waals surface area contributed by atoms with Crippen molar-refractivity contribution >= 4 is 62.4 Å². The summed E-state index contributed by atoms with van der Waals surface area (Å²) in [6.07, 6.45) is -2.50. The van der Waals surface area contributed by atoms with E-state index in [1.165, 1.54) is 20.8 Å². The van der Waals surface area contributed by atoms with Gasteiger partial charge in [0.2, 0.25) is 5.28 Å². The lowest BCUT2D eigenvalue weighted by molar-refractivity contribution is 0.00509. The molecule has 0 aromatic carbocycles. The number of thiophene rings is 1. The zero-order chi connectivity index (χ0) is 30.5. The molecule has 1 aliphatic carbocycles. The highest BCUT2D eigenvalue weighted by molar-refractivity contribution is 9.10. The first-order valence-electron chi connectivity index (χ1n) is 13.0. The molecule has 0 saturated heterocycles. The number of rotatable bonds is 5. The zero-order valence-electron chi connectivity index (χ0n) is 23.9. The first-order chi connectivity index (χ1) is 18.8. The van der Waals surface area contributed by atoms with Crippen molar-refractivity contribution in [2.24, 2.45) is 0 Å². The van der Waals surface area contributed by atoms with E-state index >= 15 is 0 Å². The third kappa shape index (κ3) is 7.29. The van der Waals surface area contributed by atoms with E-state index in [0.717, 1.165) is 4.88 Å². The highest BCUT2D eigenvalue weighted by Crippen LogP contribution is 2.49. The molecule has 0 radical (unpaired) electrons. The number of nitrogens with one attached hydrogen (secondary N) is 1. The Morgan fingerprint density at radius 1 is 1.22 bits per heavy atom. The number of alkyl carbamates (subject to hydrolysis) is 1. The van der Waals surface area contributed by atoms with E-state index in [2.05, 4.69) is 31.3 Å². The Balaban J connectivity index is 1.84. The van der Waals surface area contributed by atoms with Crippen LogP contribution in [0.1, 0.15) is 76.3 Å². The molecule has 0 spiro atoms. The number of hydrogen-bond acceptors (Lipinski definition) is 7. The lowest BCUT2D eigenvalue weighted by Crippen LogP contribution is -2.40. The topological polar surface area (TPSA) is 98.1 Å². The highest BCUT2D eigenvalue weighted by atomic mass is 79.9. The number of aromatic nitrogens is 3. The Bertz CT molecular complexity index is 1450. The van der Waals surface area contributed by atoms with Gasteiger partial charge in [-0.05, 0) is 98.6 Å². The first kappa shape index (κ1) is 31.4. The molecular formula is C27H33BrClF2N5O4S. The molecule has 0 bridgehead atoms. The SMILES string of the molecule is Cc1c([C@H]2CC(F)(F)C[C@@H]2NC(=O)OC(C)(C)C)c(Br)n2nc(Cl)nc(N(Cc3cccs3)C(=O)OC(C)(C)C)c12. The van der Waals surface area contributed by atoms with E-state index in [-0.39, 0.29) is 17.6 Å². The van der Waals surface area contributed by atoms with Crippen molar-refractivity contribution in [1.29, 1.82) is 0 Å². The van der Waals surface area contributed by atoms with Gasteiger partial charge in [0.15, 0.2) is 5.82 Å². The molecule has 0 unspecified atom stereocenters. The van der Waals surface area contributed by atoms with Crippen LogP contribution >= 0.6 is 38.9 Å². The number of amides is 2. The van der Waals surface area contributed by atoms with E-state index in [4.69, 9.17) is 21.1 Å². The largest absolute Gasteiger partial charge is 0.444 e. The minimum Gasteiger partial charge on any atom is -0.444 e. The summed E-state index contributed by atoms with van der Waals surface area (Å²) in [6, 6.07) is 2.82. The van der Waals surface area contributed by atoms with Crippen LogP contribution in [0.25, 0.3) is 5.52 Å². The number of nitrogens with zero attached hydrogens (tertiary/aromatic N) is 4. The molecule has 9 nitrogen and oxygen atoms in total. The number of carbonyl (C=O) groups is 2. The summed E-state index contributed by atoms with van der Waals surface area (Å²) < 4.78 is 42.6. The van der Waals surface area contributed by atoms with Gasteiger partial charge >= 0.3 is 12.2 Å². The Hall–Kier alpha value is -2.51. The van der Waals surface area contributed by atoms with E-state index in [1.54, 1.807) is 48.5 Å². The fourth-order valence-corrected chi connectivity index (χ4v) is 6.60. The van der Waals surface area contributed by atoms with Crippen molar-refractivity contribution in [3.8, 4) is 0 Å². The quantitative estimate of drug-likeness (QED) is 0.296. The molecule has 1 fully saturated rings. The molecule has 3 aromatic heterocycles. The molecule has 3 aromatic rings. The summed E-state index contributed by atoms with van der Waals surface area (Å²) in [7, 11) is 0. The predicted octanol–water partition coefficient (Wildman–Crippen LogP) is 7.86. The van der Waals surface area contributed by atoms with Crippen LogP contribution in [0.4, 0.5) is 24.2 Å². The van der Waals surface area contributed by atoms with Gasteiger partial charge in [0.25, 0.3) is 5.92 Å². The number of halogens is 4. The van der Waals surface area contributed by atoms with Crippen molar-refractivity contribution in [3.63, 3.8) is 0 Å². The summed E-state index contributed by atoms with van der Waals surface area (Å²) in [4.78, 5) is 32.7. The van der Waals surface area contributed by atoms with Gasteiger partial charge in [0, 0.05) is 29.7 Å². The second kappa shape index (κ2) is 11.3. The first-order valence-corrected chi connectivity index (χ1v) is 15.0. The van der Waals surface area contributed by atoms with Crippen LogP contribution in [0.5, 0.6) is 0 Å². The van der Waals surface area contributed by atoms with E-state index in [9.17, 15) is 18.4 Å². The van der Waals surface area contributed by atoms with Crippen molar-refractivity contribution in [2.45, 2.75) is 96.9 Å². The number of hydrogen-bond donors (Lipinski definition) is 1. The van der Waals surface area contributed by atoms with Crippen LogP contribution < -0.4 is 10.2 Å². The number of fused-ring (bicyclic) bond motifs is 1. The van der Waals surface area contributed by atoms with Gasteiger partial charge in [-0.3, -0.25) is 4.90 Å². The molecule has 3 heterocycles. The Morgan fingerprint density at radius 2 is 1.88 bits per heavy atom. The minimum absolute atomic E-state index is 0.136. The number of aryl methyl sites for hydroxylation is 1. The van der Waals surface area contributed by atoms with Gasteiger partial charge in [-0.1, -0.05) is 6.07 Å². The van der Waals surface area contributed by atoms with Crippen LogP contribution in [-0.2, 0) is 16.0 Å². The van der Waals surface area contributed by atoms with Crippen molar-refractivity contribution < 1.29 is 27.8 Å². The molecule has 2 atom stereocenters. The summed E-state index contributed by atoms with van der Waals surface area (Å²) in [5.41, 5.74) is -0.138. The summed E-state index contributed by atoms with van der Waals surface area (Å²) in [5.74, 6) is -3.66. The van der Waals surface area contributed by atoms with E-state index in [1.807, 2.05) is 17.5 Å². The summed E-state index contributed by atoms with van der Waals surface area (Å²) in [6.45, 7) is 12.2. The van der Waals surface area contributed by atoms with Crippen molar-refractivity contribution in [2.75, 3.05) is 4.90 Å². The fourth-order valence-electron chi connectivity index (χ4n) is 4.90. The molecule has 2 amide bonds. The second-order valence-corrected chi connectivity index (χ2v) is 14.2. The maximum Gasteiger partial charge on any atom is 0.416 e. The molecule has 224 valence electrons. The van der Waals surface area contributed by atoms with E-state index in [0.29, 0.717) is 21.2 Å². The second-order valence-electron chi connectivity index (χ2n) is 12.1. The molecule has 14 heteroatoms. The lowest BCUT2D eigenvalue weighted by Gasteiger charge is -2.27. The number of anilines is 1. The van der Waals surface area contributed by atoms with Crippen LogP contribution in [0, 0.1) is 6.92 Å². The van der Waals surface area contributed by atoms with Gasteiger partial charge in [-0.15, -0.1) is 16.4 Å². The van der Waals surface area contributed by atoms with Crippen molar-refractivity contribution in [1.82, 2.24) is 19.9 Å². The van der Waals surface area contributed by atoms with Crippen LogP contribution in [0.15, 0.2) is 22.1 Å². The molecule has 1 N–H and O–H groups in total. The maximum atomic E-state index is 14.9. The van der Waals surface area contributed by atoms with Gasteiger partial charge in [-0.25, -0.2) is 22.9 Å². The average Bonchev–Trinajstić information content (AvgIpc) is 3.46. The summed E-state index contributed by atoms with van der Waals surface area (Å²) >= 11 is 11.4. The van der Waals surface area contributed by atoms with Crippen LogP contribution in [-0.4, -0.2) is 50.0 Å². The molecule has 1 aliphatic rings.